The highest BCUT2D eigenvalue weighted by Gasteiger charge is 2.05. The Balaban J connectivity index is 2.15. The molecule has 0 radical (unpaired) electrons. The molecule has 1 aromatic heterocycles. The number of hydrogen-bond acceptors (Lipinski definition) is 3. The summed E-state index contributed by atoms with van der Waals surface area (Å²) in [4.78, 5) is 19.4. The van der Waals surface area contributed by atoms with E-state index < -0.39 is 5.97 Å². The summed E-state index contributed by atoms with van der Waals surface area (Å²) in [5, 5.41) is 8.83. The second-order valence-electron chi connectivity index (χ2n) is 4.40. The summed E-state index contributed by atoms with van der Waals surface area (Å²) in [5.41, 5.74) is 2.23. The third-order valence-electron chi connectivity index (χ3n) is 2.91. The third-order valence-corrected chi connectivity index (χ3v) is 2.91. The van der Waals surface area contributed by atoms with Crippen LogP contribution < -0.4 is 0 Å². The molecule has 0 saturated heterocycles. The zero-order chi connectivity index (χ0) is 13.7. The molecule has 0 unspecified atom stereocenters. The van der Waals surface area contributed by atoms with Crippen molar-refractivity contribution in [2.75, 3.05) is 0 Å². The quantitative estimate of drug-likeness (QED) is 0.892. The summed E-state index contributed by atoms with van der Waals surface area (Å²) in [6.45, 7) is 2.15. The van der Waals surface area contributed by atoms with E-state index in [1.54, 1.807) is 24.3 Å². The SMILES string of the molecule is CCCCc1cnc(-c2ccc(C(=O)O)cc2)nc1. The Morgan fingerprint density at radius 2 is 1.79 bits per heavy atom. The number of benzene rings is 1. The van der Waals surface area contributed by atoms with Gasteiger partial charge in [-0.15, -0.1) is 0 Å². The first kappa shape index (κ1) is 13.2. The first-order valence-electron chi connectivity index (χ1n) is 6.35. The molecule has 0 saturated carbocycles. The number of hydrogen-bond donors (Lipinski definition) is 1. The van der Waals surface area contributed by atoms with E-state index in [4.69, 9.17) is 5.11 Å². The molecule has 2 aromatic rings. The summed E-state index contributed by atoms with van der Waals surface area (Å²) >= 11 is 0. The monoisotopic (exact) mass is 256 g/mol. The van der Waals surface area contributed by atoms with Gasteiger partial charge in [0, 0.05) is 18.0 Å². The number of nitrogens with zero attached hydrogens (tertiary/aromatic N) is 2. The highest BCUT2D eigenvalue weighted by Crippen LogP contribution is 2.15. The minimum Gasteiger partial charge on any atom is -0.478 e. The van der Waals surface area contributed by atoms with E-state index in [-0.39, 0.29) is 5.56 Å². The molecule has 4 nitrogen and oxygen atoms in total. The van der Waals surface area contributed by atoms with Crippen LogP contribution in [0.15, 0.2) is 36.7 Å². The van der Waals surface area contributed by atoms with Crippen molar-refractivity contribution in [1.29, 1.82) is 0 Å². The summed E-state index contributed by atoms with van der Waals surface area (Å²) < 4.78 is 0. The molecule has 0 aliphatic carbocycles. The Bertz CT molecular complexity index is 547. The van der Waals surface area contributed by atoms with Gasteiger partial charge in [0.05, 0.1) is 5.56 Å². The number of carbonyl (C=O) groups is 1. The average Bonchev–Trinajstić information content (AvgIpc) is 2.46. The Hall–Kier alpha value is -2.23. The Kier molecular flexibility index (Phi) is 4.23. The maximum atomic E-state index is 10.8. The zero-order valence-electron chi connectivity index (χ0n) is 10.8. The molecule has 0 bridgehead atoms. The molecule has 19 heavy (non-hydrogen) atoms. The van der Waals surface area contributed by atoms with Crippen LogP contribution in [0.1, 0.15) is 35.7 Å². The second-order valence-corrected chi connectivity index (χ2v) is 4.40. The molecule has 1 N–H and O–H groups in total. The van der Waals surface area contributed by atoms with Gasteiger partial charge in [-0.25, -0.2) is 14.8 Å². The smallest absolute Gasteiger partial charge is 0.335 e. The van der Waals surface area contributed by atoms with Gasteiger partial charge in [0.15, 0.2) is 5.82 Å². The van der Waals surface area contributed by atoms with Crippen molar-refractivity contribution in [3.63, 3.8) is 0 Å². The molecule has 1 aromatic carbocycles. The number of rotatable bonds is 5. The van der Waals surface area contributed by atoms with Gasteiger partial charge in [-0.05, 0) is 30.5 Å². The Labute approximate surface area is 112 Å². The summed E-state index contributed by atoms with van der Waals surface area (Å²) in [7, 11) is 0. The molecule has 0 amide bonds. The number of unbranched alkanes of at least 4 members (excludes halogenated alkanes) is 1. The lowest BCUT2D eigenvalue weighted by molar-refractivity contribution is 0.0697. The third kappa shape index (κ3) is 3.37. The van der Waals surface area contributed by atoms with Crippen LogP contribution in [0.3, 0.4) is 0 Å². The molecule has 0 fully saturated rings. The fourth-order valence-electron chi connectivity index (χ4n) is 1.78. The van der Waals surface area contributed by atoms with E-state index in [1.807, 2.05) is 12.4 Å². The number of aryl methyl sites for hydroxylation is 1. The molecule has 1 heterocycles. The van der Waals surface area contributed by atoms with E-state index in [1.165, 1.54) is 0 Å². The van der Waals surface area contributed by atoms with E-state index in [2.05, 4.69) is 16.9 Å². The van der Waals surface area contributed by atoms with E-state index >= 15 is 0 Å². The van der Waals surface area contributed by atoms with Crippen molar-refractivity contribution in [3.8, 4) is 11.4 Å². The van der Waals surface area contributed by atoms with Crippen LogP contribution in [0, 0.1) is 0 Å². The molecular weight excluding hydrogens is 240 g/mol. The minimum atomic E-state index is -0.928. The van der Waals surface area contributed by atoms with Crippen LogP contribution in [-0.2, 0) is 6.42 Å². The van der Waals surface area contributed by atoms with Crippen molar-refractivity contribution in [2.45, 2.75) is 26.2 Å². The van der Waals surface area contributed by atoms with Gasteiger partial charge >= 0.3 is 5.97 Å². The summed E-state index contributed by atoms with van der Waals surface area (Å²) in [6.07, 6.45) is 6.95. The highest BCUT2D eigenvalue weighted by molar-refractivity contribution is 5.88. The van der Waals surface area contributed by atoms with Crippen LogP contribution in [-0.4, -0.2) is 21.0 Å². The molecule has 0 aliphatic rings. The maximum absolute atomic E-state index is 10.8. The van der Waals surface area contributed by atoms with Gasteiger partial charge in [0.1, 0.15) is 0 Å². The standard InChI is InChI=1S/C15H16N2O2/c1-2-3-4-11-9-16-14(17-10-11)12-5-7-13(8-6-12)15(18)19/h5-10H,2-4H2,1H3,(H,18,19). The fourth-order valence-corrected chi connectivity index (χ4v) is 1.78. The molecule has 2 rings (SSSR count). The predicted molar refractivity (Wildman–Crippen MR) is 73.0 cm³/mol. The van der Waals surface area contributed by atoms with Crippen molar-refractivity contribution in [2.24, 2.45) is 0 Å². The van der Waals surface area contributed by atoms with Gasteiger partial charge in [0.2, 0.25) is 0 Å². The number of aromatic carboxylic acids is 1. The van der Waals surface area contributed by atoms with Gasteiger partial charge in [-0.1, -0.05) is 25.5 Å². The van der Waals surface area contributed by atoms with Gasteiger partial charge in [0.25, 0.3) is 0 Å². The molecule has 4 heteroatoms. The topological polar surface area (TPSA) is 63.1 Å². The lowest BCUT2D eigenvalue weighted by atomic mass is 10.1. The van der Waals surface area contributed by atoms with E-state index in [0.717, 1.165) is 30.4 Å². The largest absolute Gasteiger partial charge is 0.478 e. The minimum absolute atomic E-state index is 0.267. The molecule has 0 atom stereocenters. The summed E-state index contributed by atoms with van der Waals surface area (Å²) in [5.74, 6) is -0.306. The first-order valence-corrected chi connectivity index (χ1v) is 6.35. The zero-order valence-corrected chi connectivity index (χ0v) is 10.8. The van der Waals surface area contributed by atoms with Crippen molar-refractivity contribution in [1.82, 2.24) is 9.97 Å². The van der Waals surface area contributed by atoms with Crippen LogP contribution in [0.5, 0.6) is 0 Å². The molecular formula is C15H16N2O2. The van der Waals surface area contributed by atoms with Crippen LogP contribution in [0.4, 0.5) is 0 Å². The lowest BCUT2D eigenvalue weighted by Gasteiger charge is -2.03. The Morgan fingerprint density at radius 3 is 2.32 bits per heavy atom. The number of aromatic nitrogens is 2. The Morgan fingerprint density at radius 1 is 1.16 bits per heavy atom. The molecule has 0 spiro atoms. The lowest BCUT2D eigenvalue weighted by Crippen LogP contribution is -1.96. The maximum Gasteiger partial charge on any atom is 0.335 e. The van der Waals surface area contributed by atoms with Crippen molar-refractivity contribution < 1.29 is 9.90 Å². The summed E-state index contributed by atoms with van der Waals surface area (Å²) in [6, 6.07) is 6.58. The van der Waals surface area contributed by atoms with Gasteiger partial charge in [-0.2, -0.15) is 0 Å². The van der Waals surface area contributed by atoms with Gasteiger partial charge < -0.3 is 5.11 Å². The number of carboxylic acids is 1. The van der Waals surface area contributed by atoms with E-state index in [0.29, 0.717) is 5.82 Å². The predicted octanol–water partition coefficient (Wildman–Crippen LogP) is 3.18. The average molecular weight is 256 g/mol. The van der Waals surface area contributed by atoms with Crippen molar-refractivity contribution >= 4 is 5.97 Å². The van der Waals surface area contributed by atoms with E-state index in [9.17, 15) is 4.79 Å². The van der Waals surface area contributed by atoms with Crippen molar-refractivity contribution in [3.05, 3.63) is 47.8 Å². The normalized spacial score (nSPS) is 10.4. The van der Waals surface area contributed by atoms with Gasteiger partial charge in [-0.3, -0.25) is 0 Å². The highest BCUT2D eigenvalue weighted by atomic mass is 16.4. The number of carboxylic acid groups (broad SMARTS) is 1. The van der Waals surface area contributed by atoms with Crippen LogP contribution in [0.25, 0.3) is 11.4 Å². The molecule has 98 valence electrons. The molecule has 0 aliphatic heterocycles. The first-order chi connectivity index (χ1) is 9.20. The second kappa shape index (κ2) is 6.09. The fraction of sp³-hybridized carbons (Fsp3) is 0.267. The van der Waals surface area contributed by atoms with Crippen LogP contribution >= 0.6 is 0 Å². The van der Waals surface area contributed by atoms with Crippen LogP contribution in [0.2, 0.25) is 0 Å².